The molecule has 1 aliphatic rings. The average Bonchev–Trinajstić information content (AvgIpc) is 3.01. The zero-order chi connectivity index (χ0) is 19.2. The van der Waals surface area contributed by atoms with E-state index in [0.29, 0.717) is 40.3 Å². The predicted molar refractivity (Wildman–Crippen MR) is 107 cm³/mol. The minimum absolute atomic E-state index is 0.0562. The van der Waals surface area contributed by atoms with E-state index in [2.05, 4.69) is 22.4 Å². The largest absolute Gasteiger partial charge is 0.486 e. The van der Waals surface area contributed by atoms with Crippen molar-refractivity contribution in [1.82, 2.24) is 20.1 Å². The van der Waals surface area contributed by atoms with E-state index in [-0.39, 0.29) is 5.91 Å². The van der Waals surface area contributed by atoms with Gasteiger partial charge >= 0.3 is 0 Å². The van der Waals surface area contributed by atoms with Gasteiger partial charge in [0.05, 0.1) is 5.75 Å². The van der Waals surface area contributed by atoms with Crippen molar-refractivity contribution in [3.63, 3.8) is 0 Å². The highest BCUT2D eigenvalue weighted by molar-refractivity contribution is 7.99. The summed E-state index contributed by atoms with van der Waals surface area (Å²) in [5, 5.41) is 12.9. The molecular formula is C19H25ClN4O2S. The second kappa shape index (κ2) is 9.46. The monoisotopic (exact) mass is 408 g/mol. The number of carbonyl (C=O) groups excluding carboxylic acids is 1. The summed E-state index contributed by atoms with van der Waals surface area (Å²) >= 11 is 7.26. The molecule has 1 N–H and O–H groups in total. The summed E-state index contributed by atoms with van der Waals surface area (Å²) in [5.41, 5.74) is 0. The minimum Gasteiger partial charge on any atom is -0.486 e. The number of nitrogens with one attached hydrogen (secondary N) is 1. The lowest BCUT2D eigenvalue weighted by molar-refractivity contribution is -0.119. The molecule has 3 rings (SSSR count). The molecular weight excluding hydrogens is 384 g/mol. The van der Waals surface area contributed by atoms with Gasteiger partial charge in [0.15, 0.2) is 11.0 Å². The number of carbonyl (C=O) groups is 1. The van der Waals surface area contributed by atoms with Crippen LogP contribution in [0.5, 0.6) is 5.75 Å². The van der Waals surface area contributed by atoms with Crippen LogP contribution in [-0.2, 0) is 18.4 Å². The first-order valence-electron chi connectivity index (χ1n) is 9.21. The molecule has 0 unspecified atom stereocenters. The third kappa shape index (κ3) is 5.62. The lowest BCUT2D eigenvalue weighted by atomic mass is 9.86. The van der Waals surface area contributed by atoms with E-state index >= 15 is 0 Å². The number of hydrogen-bond acceptors (Lipinski definition) is 5. The zero-order valence-electron chi connectivity index (χ0n) is 15.7. The van der Waals surface area contributed by atoms with Gasteiger partial charge in [-0.25, -0.2) is 0 Å². The molecule has 6 nitrogen and oxygen atoms in total. The Labute approximate surface area is 169 Å². The Morgan fingerprint density at radius 3 is 2.78 bits per heavy atom. The number of ether oxygens (including phenoxy) is 1. The molecule has 0 aliphatic heterocycles. The van der Waals surface area contributed by atoms with Gasteiger partial charge in [-0.3, -0.25) is 4.79 Å². The smallest absolute Gasteiger partial charge is 0.230 e. The van der Waals surface area contributed by atoms with E-state index in [0.717, 1.165) is 12.2 Å². The Morgan fingerprint density at radius 1 is 1.30 bits per heavy atom. The Balaban J connectivity index is 1.48. The SMILES string of the molecule is C[C@H]1CCCC[C@@H]1NC(=O)CSc1nnc(COc2ccc(Cl)cc2)n1C. The molecule has 1 amide bonds. The molecule has 1 aliphatic carbocycles. The average molecular weight is 409 g/mol. The standard InChI is InChI=1S/C19H25ClN4O2S/c1-13-5-3-4-6-16(13)21-18(25)12-27-19-23-22-17(24(19)2)11-26-15-9-7-14(20)8-10-15/h7-10,13,16H,3-6,11-12H2,1-2H3,(H,21,25)/t13-,16-/m0/s1. The van der Waals surface area contributed by atoms with Crippen LogP contribution in [0.2, 0.25) is 5.02 Å². The van der Waals surface area contributed by atoms with Gasteiger partial charge in [0.25, 0.3) is 0 Å². The molecule has 1 heterocycles. The van der Waals surface area contributed by atoms with Gasteiger partial charge in [-0.15, -0.1) is 10.2 Å². The van der Waals surface area contributed by atoms with Gasteiger partial charge in [-0.05, 0) is 43.0 Å². The second-order valence-corrected chi connectivity index (χ2v) is 8.30. The first-order valence-corrected chi connectivity index (χ1v) is 10.6. The van der Waals surface area contributed by atoms with E-state index in [9.17, 15) is 4.79 Å². The Hall–Kier alpha value is -1.73. The third-order valence-corrected chi connectivity index (χ3v) is 6.17. The summed E-state index contributed by atoms with van der Waals surface area (Å²) in [6.07, 6.45) is 4.73. The summed E-state index contributed by atoms with van der Waals surface area (Å²) in [5.74, 6) is 2.37. The van der Waals surface area contributed by atoms with Crippen LogP contribution in [0.25, 0.3) is 0 Å². The Kier molecular flexibility index (Phi) is 7.01. The predicted octanol–water partition coefficient (Wildman–Crippen LogP) is 3.83. The lowest BCUT2D eigenvalue weighted by Gasteiger charge is -2.29. The normalized spacial score (nSPS) is 19.7. The van der Waals surface area contributed by atoms with Crippen molar-refractivity contribution in [3.05, 3.63) is 35.1 Å². The minimum atomic E-state index is 0.0562. The fourth-order valence-electron chi connectivity index (χ4n) is 3.18. The fourth-order valence-corrected chi connectivity index (χ4v) is 4.05. The molecule has 1 saturated carbocycles. The van der Waals surface area contributed by atoms with E-state index in [1.165, 1.54) is 31.0 Å². The van der Waals surface area contributed by atoms with E-state index in [4.69, 9.17) is 16.3 Å². The van der Waals surface area contributed by atoms with Crippen molar-refractivity contribution >= 4 is 29.3 Å². The number of benzene rings is 1. The van der Waals surface area contributed by atoms with Crippen LogP contribution in [0.3, 0.4) is 0 Å². The quantitative estimate of drug-likeness (QED) is 0.705. The Morgan fingerprint density at radius 2 is 2.04 bits per heavy atom. The highest BCUT2D eigenvalue weighted by atomic mass is 35.5. The van der Waals surface area contributed by atoms with Gasteiger partial charge in [0, 0.05) is 18.1 Å². The number of halogens is 1. The molecule has 1 fully saturated rings. The van der Waals surface area contributed by atoms with Crippen molar-refractivity contribution in [2.45, 2.75) is 50.4 Å². The van der Waals surface area contributed by atoms with Crippen LogP contribution < -0.4 is 10.1 Å². The van der Waals surface area contributed by atoms with E-state index in [1.807, 2.05) is 23.7 Å². The highest BCUT2D eigenvalue weighted by Gasteiger charge is 2.23. The van der Waals surface area contributed by atoms with E-state index < -0.39 is 0 Å². The molecule has 0 saturated heterocycles. The molecule has 0 spiro atoms. The maximum atomic E-state index is 12.3. The van der Waals surface area contributed by atoms with Crippen molar-refractivity contribution in [2.24, 2.45) is 13.0 Å². The zero-order valence-corrected chi connectivity index (χ0v) is 17.2. The van der Waals surface area contributed by atoms with Gasteiger partial charge in [0.1, 0.15) is 12.4 Å². The first-order chi connectivity index (χ1) is 13.0. The maximum absolute atomic E-state index is 12.3. The van der Waals surface area contributed by atoms with Crippen molar-refractivity contribution < 1.29 is 9.53 Å². The fraction of sp³-hybridized carbons (Fsp3) is 0.526. The number of nitrogens with zero attached hydrogens (tertiary/aromatic N) is 3. The topological polar surface area (TPSA) is 69.0 Å². The first kappa shape index (κ1) is 20.0. The molecule has 27 heavy (non-hydrogen) atoms. The summed E-state index contributed by atoms with van der Waals surface area (Å²) in [7, 11) is 1.88. The summed E-state index contributed by atoms with van der Waals surface area (Å²) in [4.78, 5) is 12.3. The van der Waals surface area contributed by atoms with Crippen LogP contribution in [0.15, 0.2) is 29.4 Å². The molecule has 0 radical (unpaired) electrons. The van der Waals surface area contributed by atoms with E-state index in [1.54, 1.807) is 12.1 Å². The van der Waals surface area contributed by atoms with Gasteiger partial charge < -0.3 is 14.6 Å². The van der Waals surface area contributed by atoms with Crippen LogP contribution in [0.4, 0.5) is 0 Å². The summed E-state index contributed by atoms with van der Waals surface area (Å²) < 4.78 is 7.57. The molecule has 1 aromatic carbocycles. The molecule has 8 heteroatoms. The van der Waals surface area contributed by atoms with Crippen LogP contribution >= 0.6 is 23.4 Å². The lowest BCUT2D eigenvalue weighted by Crippen LogP contribution is -2.41. The molecule has 0 bridgehead atoms. The molecule has 2 aromatic rings. The summed E-state index contributed by atoms with van der Waals surface area (Å²) in [6.45, 7) is 2.52. The molecule has 1 aromatic heterocycles. The van der Waals surface area contributed by atoms with Gasteiger partial charge in [-0.1, -0.05) is 43.1 Å². The van der Waals surface area contributed by atoms with Gasteiger partial charge in [0.2, 0.25) is 5.91 Å². The van der Waals surface area contributed by atoms with Crippen LogP contribution in [0, 0.1) is 5.92 Å². The highest BCUT2D eigenvalue weighted by Crippen LogP contribution is 2.24. The number of rotatable bonds is 7. The maximum Gasteiger partial charge on any atom is 0.230 e. The van der Waals surface area contributed by atoms with Crippen LogP contribution in [0.1, 0.15) is 38.4 Å². The van der Waals surface area contributed by atoms with Crippen molar-refractivity contribution in [1.29, 1.82) is 0 Å². The van der Waals surface area contributed by atoms with Crippen molar-refractivity contribution in [2.75, 3.05) is 5.75 Å². The molecule has 2 atom stereocenters. The number of hydrogen-bond donors (Lipinski definition) is 1. The molecule has 146 valence electrons. The van der Waals surface area contributed by atoms with Gasteiger partial charge in [-0.2, -0.15) is 0 Å². The Bertz CT molecular complexity index is 766. The second-order valence-electron chi connectivity index (χ2n) is 6.92. The number of aromatic nitrogens is 3. The van der Waals surface area contributed by atoms with Crippen molar-refractivity contribution in [3.8, 4) is 5.75 Å². The third-order valence-electron chi connectivity index (χ3n) is 4.90. The number of thioether (sulfide) groups is 1. The summed E-state index contributed by atoms with van der Waals surface area (Å²) in [6, 6.07) is 7.48. The number of amides is 1. The van der Waals surface area contributed by atoms with Crippen LogP contribution in [-0.4, -0.2) is 32.5 Å².